The molecule has 0 spiro atoms. The molecule has 28 heavy (non-hydrogen) atoms. The van der Waals surface area contributed by atoms with Gasteiger partial charge >= 0.3 is 5.97 Å². The standard InChI is InChI=1S/C21H24O7/c1-25-17-7-5-13(10-19(17)27-3)20(23)15-11-28-21(24)14(15)8-12-4-6-16(22)18(9-12)26-2/h4-7,9-10,14-15,20,22-23H,8,11H2,1-3H3/t14-,15+,20+/m1/s1. The van der Waals surface area contributed by atoms with Crippen molar-refractivity contribution in [2.75, 3.05) is 27.9 Å². The van der Waals surface area contributed by atoms with E-state index in [1.54, 1.807) is 37.4 Å². The number of benzene rings is 2. The van der Waals surface area contributed by atoms with E-state index in [9.17, 15) is 15.0 Å². The Morgan fingerprint density at radius 2 is 1.75 bits per heavy atom. The minimum Gasteiger partial charge on any atom is -0.504 e. The molecule has 0 saturated carbocycles. The molecule has 7 heteroatoms. The average molecular weight is 388 g/mol. The lowest BCUT2D eigenvalue weighted by molar-refractivity contribution is -0.141. The van der Waals surface area contributed by atoms with Crippen molar-refractivity contribution in [1.29, 1.82) is 0 Å². The van der Waals surface area contributed by atoms with E-state index in [0.717, 1.165) is 5.56 Å². The lowest BCUT2D eigenvalue weighted by atomic mass is 9.83. The number of ether oxygens (including phenoxy) is 4. The van der Waals surface area contributed by atoms with Crippen LogP contribution in [0, 0.1) is 11.8 Å². The molecular weight excluding hydrogens is 364 g/mol. The number of cyclic esters (lactones) is 1. The van der Waals surface area contributed by atoms with Gasteiger partial charge in [-0.2, -0.15) is 0 Å². The molecule has 0 radical (unpaired) electrons. The molecule has 0 aliphatic carbocycles. The van der Waals surface area contributed by atoms with Gasteiger partial charge in [0.25, 0.3) is 0 Å². The molecule has 7 nitrogen and oxygen atoms in total. The van der Waals surface area contributed by atoms with E-state index in [1.807, 2.05) is 0 Å². The minimum atomic E-state index is -0.907. The van der Waals surface area contributed by atoms with Gasteiger partial charge in [-0.25, -0.2) is 0 Å². The Morgan fingerprint density at radius 1 is 1.04 bits per heavy atom. The molecule has 1 saturated heterocycles. The van der Waals surface area contributed by atoms with E-state index >= 15 is 0 Å². The summed E-state index contributed by atoms with van der Waals surface area (Å²) in [6, 6.07) is 10.1. The molecule has 0 unspecified atom stereocenters. The summed E-state index contributed by atoms with van der Waals surface area (Å²) in [5.74, 6) is 0.149. The Hall–Kier alpha value is -2.93. The van der Waals surface area contributed by atoms with Crippen molar-refractivity contribution in [3.8, 4) is 23.0 Å². The fraction of sp³-hybridized carbons (Fsp3) is 0.381. The lowest BCUT2D eigenvalue weighted by Gasteiger charge is -2.22. The first-order valence-electron chi connectivity index (χ1n) is 8.91. The van der Waals surface area contributed by atoms with Crippen LogP contribution in [0.4, 0.5) is 0 Å². The van der Waals surface area contributed by atoms with E-state index in [2.05, 4.69) is 0 Å². The Morgan fingerprint density at radius 3 is 2.43 bits per heavy atom. The maximum atomic E-state index is 12.3. The quantitative estimate of drug-likeness (QED) is 0.704. The van der Waals surface area contributed by atoms with Gasteiger partial charge in [0, 0.05) is 5.92 Å². The van der Waals surface area contributed by atoms with E-state index < -0.39 is 17.9 Å². The first-order chi connectivity index (χ1) is 13.5. The average Bonchev–Trinajstić information content (AvgIpc) is 3.08. The van der Waals surface area contributed by atoms with Gasteiger partial charge in [-0.05, 0) is 41.8 Å². The topological polar surface area (TPSA) is 94.5 Å². The number of hydrogen-bond donors (Lipinski definition) is 2. The summed E-state index contributed by atoms with van der Waals surface area (Å²) in [4.78, 5) is 12.3. The highest BCUT2D eigenvalue weighted by molar-refractivity contribution is 5.75. The van der Waals surface area contributed by atoms with E-state index in [0.29, 0.717) is 29.2 Å². The fourth-order valence-corrected chi connectivity index (χ4v) is 3.51. The highest BCUT2D eigenvalue weighted by atomic mass is 16.5. The van der Waals surface area contributed by atoms with Crippen LogP contribution in [0.1, 0.15) is 17.2 Å². The Kier molecular flexibility index (Phi) is 5.94. The Labute approximate surface area is 163 Å². The van der Waals surface area contributed by atoms with Crippen molar-refractivity contribution >= 4 is 5.97 Å². The molecule has 1 heterocycles. The monoisotopic (exact) mass is 388 g/mol. The molecule has 1 aliphatic rings. The van der Waals surface area contributed by atoms with Crippen LogP contribution in [-0.4, -0.2) is 44.1 Å². The summed E-state index contributed by atoms with van der Waals surface area (Å²) in [5.41, 5.74) is 1.43. The largest absolute Gasteiger partial charge is 0.504 e. The summed E-state index contributed by atoms with van der Waals surface area (Å²) in [6.07, 6.45) is -0.542. The third kappa shape index (κ3) is 3.84. The molecule has 2 aromatic rings. The van der Waals surface area contributed by atoms with E-state index in [1.165, 1.54) is 20.3 Å². The van der Waals surface area contributed by atoms with Gasteiger partial charge in [0.1, 0.15) is 0 Å². The number of aliphatic hydroxyl groups excluding tert-OH is 1. The van der Waals surface area contributed by atoms with Crippen molar-refractivity contribution in [2.24, 2.45) is 11.8 Å². The normalized spacial score (nSPS) is 19.8. The van der Waals surface area contributed by atoms with Gasteiger partial charge in [-0.15, -0.1) is 0 Å². The summed E-state index contributed by atoms with van der Waals surface area (Å²) < 4.78 is 20.9. The highest BCUT2D eigenvalue weighted by Crippen LogP contribution is 2.39. The molecule has 3 rings (SSSR count). The summed E-state index contributed by atoms with van der Waals surface area (Å²) >= 11 is 0. The van der Waals surface area contributed by atoms with Crippen LogP contribution in [0.25, 0.3) is 0 Å². The third-order valence-electron chi connectivity index (χ3n) is 5.09. The van der Waals surface area contributed by atoms with E-state index in [-0.39, 0.29) is 18.3 Å². The third-order valence-corrected chi connectivity index (χ3v) is 5.09. The number of carbonyl (C=O) groups excluding carboxylic acids is 1. The van der Waals surface area contributed by atoms with Crippen molar-refractivity contribution in [3.63, 3.8) is 0 Å². The molecule has 0 aromatic heterocycles. The van der Waals surface area contributed by atoms with Crippen LogP contribution in [0.3, 0.4) is 0 Å². The Balaban J connectivity index is 1.83. The van der Waals surface area contributed by atoms with Crippen molar-refractivity contribution in [3.05, 3.63) is 47.5 Å². The zero-order valence-electron chi connectivity index (χ0n) is 16.0. The van der Waals surface area contributed by atoms with E-state index in [4.69, 9.17) is 18.9 Å². The second-order valence-electron chi connectivity index (χ2n) is 6.67. The fourth-order valence-electron chi connectivity index (χ4n) is 3.51. The molecule has 2 aromatic carbocycles. The Bertz CT molecular complexity index is 849. The van der Waals surface area contributed by atoms with Crippen LogP contribution in [0.2, 0.25) is 0 Å². The number of esters is 1. The second-order valence-corrected chi connectivity index (χ2v) is 6.67. The van der Waals surface area contributed by atoms with Gasteiger partial charge in [-0.1, -0.05) is 12.1 Å². The maximum absolute atomic E-state index is 12.3. The van der Waals surface area contributed by atoms with Crippen LogP contribution in [0.5, 0.6) is 23.0 Å². The van der Waals surface area contributed by atoms with Gasteiger partial charge in [0.15, 0.2) is 23.0 Å². The number of carbonyl (C=O) groups is 1. The number of phenolic OH excluding ortho intramolecular Hbond substituents is 1. The zero-order valence-corrected chi connectivity index (χ0v) is 16.0. The molecule has 3 atom stereocenters. The predicted molar refractivity (Wildman–Crippen MR) is 101 cm³/mol. The smallest absolute Gasteiger partial charge is 0.309 e. The molecule has 1 fully saturated rings. The molecule has 150 valence electrons. The first kappa shape index (κ1) is 19.8. The molecule has 2 N–H and O–H groups in total. The van der Waals surface area contributed by atoms with Crippen LogP contribution >= 0.6 is 0 Å². The number of methoxy groups -OCH3 is 3. The summed E-state index contributed by atoms with van der Waals surface area (Å²) in [6.45, 7) is 0.133. The number of aromatic hydroxyl groups is 1. The predicted octanol–water partition coefficient (Wildman–Crippen LogP) is 2.48. The van der Waals surface area contributed by atoms with Crippen LogP contribution < -0.4 is 14.2 Å². The van der Waals surface area contributed by atoms with Gasteiger partial charge in [0.05, 0.1) is 40.0 Å². The molecular formula is C21H24O7. The van der Waals surface area contributed by atoms with Crippen LogP contribution in [-0.2, 0) is 16.0 Å². The summed E-state index contributed by atoms with van der Waals surface area (Å²) in [5, 5.41) is 20.7. The maximum Gasteiger partial charge on any atom is 0.309 e. The van der Waals surface area contributed by atoms with Crippen molar-refractivity contribution < 1.29 is 34.0 Å². The first-order valence-corrected chi connectivity index (χ1v) is 8.91. The molecule has 0 bridgehead atoms. The molecule has 0 amide bonds. The van der Waals surface area contributed by atoms with Gasteiger partial charge in [0.2, 0.25) is 0 Å². The van der Waals surface area contributed by atoms with Crippen molar-refractivity contribution in [1.82, 2.24) is 0 Å². The van der Waals surface area contributed by atoms with Crippen LogP contribution in [0.15, 0.2) is 36.4 Å². The van der Waals surface area contributed by atoms with Gasteiger partial charge < -0.3 is 29.2 Å². The number of phenols is 1. The lowest BCUT2D eigenvalue weighted by Crippen LogP contribution is -2.24. The highest BCUT2D eigenvalue weighted by Gasteiger charge is 2.41. The second kappa shape index (κ2) is 8.39. The number of hydrogen-bond acceptors (Lipinski definition) is 7. The van der Waals surface area contributed by atoms with Gasteiger partial charge in [-0.3, -0.25) is 4.79 Å². The number of rotatable bonds is 7. The summed E-state index contributed by atoms with van der Waals surface area (Å²) in [7, 11) is 4.53. The zero-order chi connectivity index (χ0) is 20.3. The van der Waals surface area contributed by atoms with Crippen molar-refractivity contribution in [2.45, 2.75) is 12.5 Å². The minimum absolute atomic E-state index is 0.0298. The number of aliphatic hydroxyl groups is 1. The SMILES string of the molecule is COc1cc(C[C@H]2C(=O)OC[C@@H]2[C@@H](O)c2ccc(OC)c(OC)c2)ccc1O. The molecule has 1 aliphatic heterocycles.